The van der Waals surface area contributed by atoms with Crippen molar-refractivity contribution >= 4 is 57.1 Å². The number of non-ortho nitro benzene ring substituents is 1. The SMILES string of the molecule is O=C1Oc2ccc3ccccc3c2C2=C[C@H](c3ccc4c(c3)OCO4)[C@@H]3C(=O)N(c4cc([N+](=O)[O-])ccc4Cl)C(=O)[C@@H]3[C@H]12. The Hall–Kier alpha value is -5.22. The minimum absolute atomic E-state index is 0.0127. The number of esters is 1. The Morgan fingerprint density at radius 2 is 1.63 bits per heavy atom. The normalized spacial score (nSPS) is 23.4. The van der Waals surface area contributed by atoms with Gasteiger partial charge in [0.1, 0.15) is 5.75 Å². The van der Waals surface area contributed by atoms with Gasteiger partial charge in [0.05, 0.1) is 33.4 Å². The molecule has 0 unspecified atom stereocenters. The number of fused-ring (bicyclic) bond motifs is 8. The molecule has 11 heteroatoms. The van der Waals surface area contributed by atoms with Crippen LogP contribution in [0.25, 0.3) is 16.3 Å². The van der Waals surface area contributed by atoms with Crippen LogP contribution in [0.3, 0.4) is 0 Å². The summed E-state index contributed by atoms with van der Waals surface area (Å²) in [6.45, 7) is 0.0559. The molecule has 0 spiro atoms. The summed E-state index contributed by atoms with van der Waals surface area (Å²) in [5, 5.41) is 13.3. The number of anilines is 1. The average Bonchev–Trinajstić information content (AvgIpc) is 3.58. The van der Waals surface area contributed by atoms with Crippen LogP contribution < -0.4 is 19.1 Å². The highest BCUT2D eigenvalue weighted by Crippen LogP contribution is 2.56. The first kappa shape index (κ1) is 25.5. The van der Waals surface area contributed by atoms with E-state index >= 15 is 0 Å². The summed E-state index contributed by atoms with van der Waals surface area (Å²) in [5.41, 5.74) is 1.50. The molecule has 3 aliphatic heterocycles. The number of benzene rings is 4. The lowest BCUT2D eigenvalue weighted by Crippen LogP contribution is -2.42. The summed E-state index contributed by atoms with van der Waals surface area (Å²) in [7, 11) is 0. The summed E-state index contributed by atoms with van der Waals surface area (Å²) in [4.78, 5) is 54.1. The van der Waals surface area contributed by atoms with Gasteiger partial charge in [0, 0.05) is 23.6 Å². The average molecular weight is 595 g/mol. The molecule has 0 N–H and O–H groups in total. The lowest BCUT2D eigenvalue weighted by Gasteiger charge is -2.38. The molecule has 4 aliphatic rings. The highest BCUT2D eigenvalue weighted by atomic mass is 35.5. The highest BCUT2D eigenvalue weighted by Gasteiger charge is 2.61. The van der Waals surface area contributed by atoms with Crippen molar-refractivity contribution in [3.8, 4) is 17.2 Å². The minimum atomic E-state index is -1.15. The molecular weight excluding hydrogens is 576 g/mol. The van der Waals surface area contributed by atoms with Crippen molar-refractivity contribution in [1.82, 2.24) is 0 Å². The van der Waals surface area contributed by atoms with Gasteiger partial charge in [-0.1, -0.05) is 54.1 Å². The van der Waals surface area contributed by atoms with Gasteiger partial charge in [-0.3, -0.25) is 24.5 Å². The largest absolute Gasteiger partial charge is 0.454 e. The van der Waals surface area contributed by atoms with Crippen LogP contribution in [0.15, 0.2) is 78.9 Å². The number of nitro benzene ring substituents is 1. The Labute approximate surface area is 248 Å². The van der Waals surface area contributed by atoms with E-state index < -0.39 is 46.4 Å². The van der Waals surface area contributed by atoms with Crippen molar-refractivity contribution in [3.63, 3.8) is 0 Å². The zero-order valence-electron chi connectivity index (χ0n) is 22.1. The third kappa shape index (κ3) is 3.63. The van der Waals surface area contributed by atoms with E-state index in [1.807, 2.05) is 36.4 Å². The maximum Gasteiger partial charge on any atom is 0.319 e. The Bertz CT molecular complexity index is 1990. The summed E-state index contributed by atoms with van der Waals surface area (Å²) in [6, 6.07) is 20.1. The molecule has 8 rings (SSSR count). The molecule has 1 saturated heterocycles. The van der Waals surface area contributed by atoms with Gasteiger partial charge in [-0.25, -0.2) is 4.90 Å². The monoisotopic (exact) mass is 594 g/mol. The molecule has 1 fully saturated rings. The molecule has 1 aliphatic carbocycles. The number of nitro groups is 1. The van der Waals surface area contributed by atoms with Crippen molar-refractivity contribution in [2.45, 2.75) is 5.92 Å². The Balaban J connectivity index is 1.36. The van der Waals surface area contributed by atoms with Crippen LogP contribution in [0.5, 0.6) is 17.2 Å². The van der Waals surface area contributed by atoms with Crippen LogP contribution >= 0.6 is 11.6 Å². The van der Waals surface area contributed by atoms with Crippen LogP contribution in [-0.2, 0) is 14.4 Å². The molecule has 43 heavy (non-hydrogen) atoms. The number of halogens is 1. The molecule has 4 aromatic carbocycles. The molecule has 0 radical (unpaired) electrons. The number of amides is 2. The predicted molar refractivity (Wildman–Crippen MR) is 154 cm³/mol. The summed E-state index contributed by atoms with van der Waals surface area (Å²) in [5.74, 6) is -4.47. The van der Waals surface area contributed by atoms with E-state index in [9.17, 15) is 24.5 Å². The Kier molecular flexibility index (Phi) is 5.42. The Morgan fingerprint density at radius 1 is 0.860 bits per heavy atom. The quantitative estimate of drug-likeness (QED) is 0.0979. The fourth-order valence-corrected chi connectivity index (χ4v) is 7.00. The fourth-order valence-electron chi connectivity index (χ4n) is 6.80. The molecule has 212 valence electrons. The summed E-state index contributed by atoms with van der Waals surface area (Å²) in [6.07, 6.45) is 1.87. The van der Waals surface area contributed by atoms with Crippen LogP contribution in [-0.4, -0.2) is 29.5 Å². The number of hydrogen-bond donors (Lipinski definition) is 0. The van der Waals surface area contributed by atoms with Gasteiger partial charge in [0.25, 0.3) is 5.69 Å². The van der Waals surface area contributed by atoms with Crippen molar-refractivity contribution in [1.29, 1.82) is 0 Å². The van der Waals surface area contributed by atoms with Crippen molar-refractivity contribution in [2.24, 2.45) is 17.8 Å². The number of ether oxygens (including phenoxy) is 3. The topological polar surface area (TPSA) is 125 Å². The first-order chi connectivity index (χ1) is 20.8. The lowest BCUT2D eigenvalue weighted by atomic mass is 9.64. The standard InChI is InChI=1S/C32H19ClN2O8/c33-21-8-7-17(35(39)40)12-22(21)34-30(36)27-19(16-6-9-23-25(11-16)42-14-41-23)13-20-26-18-4-2-1-3-15(18)5-10-24(26)43-32(38)28(20)29(27)31(34)37/h1-13,19,27-29H,14H2/t19-,27+,28-,29+/m1/s1. The van der Waals surface area contributed by atoms with E-state index in [1.165, 1.54) is 12.1 Å². The van der Waals surface area contributed by atoms with Crippen LogP contribution in [0.2, 0.25) is 5.02 Å². The van der Waals surface area contributed by atoms with Gasteiger partial charge in [0.2, 0.25) is 18.6 Å². The van der Waals surface area contributed by atoms with Crippen LogP contribution in [0.4, 0.5) is 11.4 Å². The van der Waals surface area contributed by atoms with Gasteiger partial charge in [-0.15, -0.1) is 0 Å². The zero-order chi connectivity index (χ0) is 29.6. The van der Waals surface area contributed by atoms with E-state index in [0.717, 1.165) is 21.7 Å². The van der Waals surface area contributed by atoms with E-state index in [-0.39, 0.29) is 23.2 Å². The van der Waals surface area contributed by atoms with E-state index in [4.69, 9.17) is 25.8 Å². The third-order valence-corrected chi connectivity index (χ3v) is 8.96. The minimum Gasteiger partial charge on any atom is -0.454 e. The van der Waals surface area contributed by atoms with Crippen molar-refractivity contribution in [3.05, 3.63) is 105 Å². The van der Waals surface area contributed by atoms with Gasteiger partial charge in [-0.2, -0.15) is 0 Å². The smallest absolute Gasteiger partial charge is 0.319 e. The molecule has 2 amide bonds. The third-order valence-electron chi connectivity index (χ3n) is 8.65. The van der Waals surface area contributed by atoms with Gasteiger partial charge in [0.15, 0.2) is 11.5 Å². The fraction of sp³-hybridized carbons (Fsp3) is 0.156. The second-order valence-corrected chi connectivity index (χ2v) is 11.2. The van der Waals surface area contributed by atoms with Crippen molar-refractivity contribution in [2.75, 3.05) is 11.7 Å². The maximum atomic E-state index is 14.3. The number of allylic oxidation sites excluding steroid dienone is 1. The number of carbonyl (C=O) groups is 3. The molecule has 0 aromatic heterocycles. The molecular formula is C32H19ClN2O8. The lowest BCUT2D eigenvalue weighted by molar-refractivity contribution is -0.384. The molecule has 4 atom stereocenters. The van der Waals surface area contributed by atoms with E-state index in [2.05, 4.69) is 0 Å². The van der Waals surface area contributed by atoms with Crippen LogP contribution in [0, 0.1) is 27.9 Å². The van der Waals surface area contributed by atoms with E-state index in [0.29, 0.717) is 33.9 Å². The summed E-state index contributed by atoms with van der Waals surface area (Å²) < 4.78 is 16.9. The molecule has 4 aromatic rings. The number of carbonyl (C=O) groups excluding carboxylic acids is 3. The zero-order valence-corrected chi connectivity index (χ0v) is 22.8. The van der Waals surface area contributed by atoms with Crippen LogP contribution in [0.1, 0.15) is 17.0 Å². The van der Waals surface area contributed by atoms with Crippen molar-refractivity contribution < 1.29 is 33.5 Å². The molecule has 0 bridgehead atoms. The molecule has 3 heterocycles. The van der Waals surface area contributed by atoms with Gasteiger partial charge >= 0.3 is 5.97 Å². The first-order valence-corrected chi connectivity index (χ1v) is 13.9. The van der Waals surface area contributed by atoms with Gasteiger partial charge in [-0.05, 0) is 46.2 Å². The predicted octanol–water partition coefficient (Wildman–Crippen LogP) is 5.65. The molecule has 0 saturated carbocycles. The summed E-state index contributed by atoms with van der Waals surface area (Å²) >= 11 is 6.42. The second kappa shape index (κ2) is 9.14. The highest BCUT2D eigenvalue weighted by molar-refractivity contribution is 6.36. The first-order valence-electron chi connectivity index (χ1n) is 13.5. The number of rotatable bonds is 3. The van der Waals surface area contributed by atoms with E-state index in [1.54, 1.807) is 24.3 Å². The van der Waals surface area contributed by atoms with Gasteiger partial charge < -0.3 is 14.2 Å². The second-order valence-electron chi connectivity index (χ2n) is 10.8. The number of nitrogens with zero attached hydrogens (tertiary/aromatic N) is 2. The maximum absolute atomic E-state index is 14.3. The Morgan fingerprint density at radius 3 is 2.47 bits per heavy atom. The molecule has 10 nitrogen and oxygen atoms in total. The number of hydrogen-bond acceptors (Lipinski definition) is 8. The number of imide groups is 1.